The van der Waals surface area contributed by atoms with E-state index in [9.17, 15) is 43.2 Å². The van der Waals surface area contributed by atoms with E-state index < -0.39 is 97.5 Å². The van der Waals surface area contributed by atoms with E-state index in [4.69, 9.17) is 37.0 Å². The fraction of sp³-hybridized carbons (Fsp3) is 0.947. The van der Waals surface area contributed by atoms with Gasteiger partial charge in [-0.25, -0.2) is 9.13 Å². The number of hydrogen-bond donors (Lipinski definition) is 3. The van der Waals surface area contributed by atoms with Crippen LogP contribution in [0.3, 0.4) is 0 Å². The fourth-order valence-corrected chi connectivity index (χ4v) is 13.2. The van der Waals surface area contributed by atoms with E-state index >= 15 is 0 Å². The predicted octanol–water partition coefficient (Wildman–Crippen LogP) is 22.3. The van der Waals surface area contributed by atoms with Crippen molar-refractivity contribution in [2.75, 3.05) is 39.6 Å². The molecular weight excluding hydrogens is 1250 g/mol. The van der Waals surface area contributed by atoms with Gasteiger partial charge >= 0.3 is 39.5 Å². The van der Waals surface area contributed by atoms with Crippen LogP contribution in [0.25, 0.3) is 0 Å². The molecule has 0 heterocycles. The summed E-state index contributed by atoms with van der Waals surface area (Å²) in [4.78, 5) is 72.7. The molecular formula is C76H148O17P2. The van der Waals surface area contributed by atoms with Crippen molar-refractivity contribution in [1.82, 2.24) is 0 Å². The third kappa shape index (κ3) is 69.0. The van der Waals surface area contributed by atoms with E-state index in [0.29, 0.717) is 25.7 Å². The van der Waals surface area contributed by atoms with Crippen molar-refractivity contribution in [3.8, 4) is 0 Å². The number of phosphoric acid groups is 2. The smallest absolute Gasteiger partial charge is 0.462 e. The molecule has 3 N–H and O–H groups in total. The maximum absolute atomic E-state index is 13.1. The van der Waals surface area contributed by atoms with Gasteiger partial charge in [-0.05, 0) is 37.5 Å². The number of esters is 4. The Labute approximate surface area is 581 Å². The van der Waals surface area contributed by atoms with Crippen molar-refractivity contribution in [3.05, 3.63) is 0 Å². The second kappa shape index (κ2) is 67.9. The van der Waals surface area contributed by atoms with Crippen LogP contribution in [-0.2, 0) is 65.4 Å². The fourth-order valence-electron chi connectivity index (χ4n) is 11.6. The predicted molar refractivity (Wildman–Crippen MR) is 386 cm³/mol. The molecule has 0 rings (SSSR count). The van der Waals surface area contributed by atoms with Crippen LogP contribution in [0.2, 0.25) is 0 Å². The number of ether oxygens (including phenoxy) is 4. The van der Waals surface area contributed by atoms with Crippen molar-refractivity contribution in [3.63, 3.8) is 0 Å². The molecule has 95 heavy (non-hydrogen) atoms. The topological polar surface area (TPSA) is 237 Å². The minimum atomic E-state index is -4.96. The highest BCUT2D eigenvalue weighted by atomic mass is 31.2. The first-order chi connectivity index (χ1) is 45.9. The lowest BCUT2D eigenvalue weighted by Crippen LogP contribution is -2.30. The van der Waals surface area contributed by atoms with Crippen LogP contribution in [0.5, 0.6) is 0 Å². The second-order valence-electron chi connectivity index (χ2n) is 28.1. The van der Waals surface area contributed by atoms with Gasteiger partial charge in [-0.2, -0.15) is 0 Å². The van der Waals surface area contributed by atoms with Gasteiger partial charge in [0.25, 0.3) is 0 Å². The lowest BCUT2D eigenvalue weighted by atomic mass is 9.99. The molecule has 19 heteroatoms. The second-order valence-corrected chi connectivity index (χ2v) is 31.0. The Morgan fingerprint density at radius 2 is 0.537 bits per heavy atom. The molecule has 0 aromatic heterocycles. The zero-order valence-corrected chi connectivity index (χ0v) is 63.8. The van der Waals surface area contributed by atoms with Gasteiger partial charge < -0.3 is 33.8 Å². The van der Waals surface area contributed by atoms with Gasteiger partial charge in [-0.15, -0.1) is 0 Å². The summed E-state index contributed by atoms with van der Waals surface area (Å²) >= 11 is 0. The maximum atomic E-state index is 13.1. The molecule has 0 saturated heterocycles. The van der Waals surface area contributed by atoms with Gasteiger partial charge in [0.1, 0.15) is 19.3 Å². The van der Waals surface area contributed by atoms with Crippen molar-refractivity contribution < 1.29 is 80.2 Å². The van der Waals surface area contributed by atoms with E-state index in [-0.39, 0.29) is 25.7 Å². The summed E-state index contributed by atoms with van der Waals surface area (Å²) in [7, 11) is -9.90. The normalized spacial score (nSPS) is 14.3. The molecule has 0 aliphatic rings. The van der Waals surface area contributed by atoms with E-state index in [1.54, 1.807) is 0 Å². The van der Waals surface area contributed by atoms with Gasteiger partial charge in [0.2, 0.25) is 0 Å². The Morgan fingerprint density at radius 3 is 0.800 bits per heavy atom. The number of aliphatic hydroxyl groups excluding tert-OH is 1. The SMILES string of the molecule is CCCCCCCCCCCCCCC(=O)O[C@H](COC(=O)CCCCCCCCC)COP(=O)(O)OC[C@H](O)COP(=O)(O)OC[C@@H](COC(=O)CCCCCCCCCCCCCCCCC(C)CC)OC(=O)CCCCCCCCCCCCCCCCCC(C)C. The third-order valence-electron chi connectivity index (χ3n) is 18.1. The average molecular weight is 1400 g/mol. The number of carbonyl (C=O) groups is 4. The Balaban J connectivity index is 5.19. The monoisotopic (exact) mass is 1400 g/mol. The van der Waals surface area contributed by atoms with Gasteiger partial charge in [0.15, 0.2) is 12.2 Å². The van der Waals surface area contributed by atoms with Crippen LogP contribution in [0.4, 0.5) is 0 Å². The molecule has 0 radical (unpaired) electrons. The first-order valence-electron chi connectivity index (χ1n) is 39.5. The van der Waals surface area contributed by atoms with Crippen molar-refractivity contribution in [2.45, 2.75) is 413 Å². The first kappa shape index (κ1) is 93.1. The molecule has 6 atom stereocenters. The molecule has 17 nitrogen and oxygen atoms in total. The van der Waals surface area contributed by atoms with Crippen LogP contribution in [0, 0.1) is 11.8 Å². The Hall–Kier alpha value is -1.94. The third-order valence-corrected chi connectivity index (χ3v) is 20.0. The molecule has 0 aromatic carbocycles. The summed E-state index contributed by atoms with van der Waals surface area (Å²) in [5, 5.41) is 10.6. The lowest BCUT2D eigenvalue weighted by Gasteiger charge is -2.21. The number of unbranched alkanes of at least 4 members (excludes halogenated alkanes) is 44. The molecule has 564 valence electrons. The zero-order valence-electron chi connectivity index (χ0n) is 62.0. The van der Waals surface area contributed by atoms with E-state index in [2.05, 4.69) is 41.5 Å². The number of carbonyl (C=O) groups excluding carboxylic acids is 4. The Kier molecular flexibility index (Phi) is 66.5. The number of hydrogen-bond acceptors (Lipinski definition) is 15. The van der Waals surface area contributed by atoms with Crippen LogP contribution in [0.1, 0.15) is 395 Å². The highest BCUT2D eigenvalue weighted by Crippen LogP contribution is 2.45. The minimum Gasteiger partial charge on any atom is -0.462 e. The van der Waals surface area contributed by atoms with Crippen LogP contribution in [-0.4, -0.2) is 96.7 Å². The molecule has 0 aromatic rings. The van der Waals surface area contributed by atoms with E-state index in [1.165, 1.54) is 199 Å². The van der Waals surface area contributed by atoms with E-state index in [1.807, 2.05) is 0 Å². The summed E-state index contributed by atoms with van der Waals surface area (Å²) in [6.45, 7) is 9.64. The van der Waals surface area contributed by atoms with Gasteiger partial charge in [-0.3, -0.25) is 37.3 Å². The average Bonchev–Trinajstić information content (AvgIpc) is 1.53. The lowest BCUT2D eigenvalue weighted by molar-refractivity contribution is -0.161. The quantitative estimate of drug-likeness (QED) is 0.0222. The molecule has 0 fully saturated rings. The molecule has 0 aliphatic heterocycles. The van der Waals surface area contributed by atoms with Crippen LogP contribution >= 0.6 is 15.6 Å². The van der Waals surface area contributed by atoms with Gasteiger partial charge in [-0.1, -0.05) is 343 Å². The summed E-state index contributed by atoms with van der Waals surface area (Å²) in [5.41, 5.74) is 0. The summed E-state index contributed by atoms with van der Waals surface area (Å²) in [6.07, 6.45) is 55.5. The molecule has 0 aliphatic carbocycles. The van der Waals surface area contributed by atoms with Crippen molar-refractivity contribution >= 4 is 39.5 Å². The zero-order chi connectivity index (χ0) is 70.0. The number of aliphatic hydroxyl groups is 1. The summed E-state index contributed by atoms with van der Waals surface area (Å²) in [5.74, 6) is -0.466. The molecule has 0 saturated carbocycles. The highest BCUT2D eigenvalue weighted by Gasteiger charge is 2.30. The Bertz CT molecular complexity index is 1840. The maximum Gasteiger partial charge on any atom is 0.472 e. The standard InChI is InChI=1S/C76H148O17P2/c1-7-10-12-14-16-17-18-30-36-42-48-54-60-75(80)92-71(64-86-73(78)58-52-46-38-15-13-11-8-2)66-90-94(82,83)88-62-70(77)63-89-95(84,85)91-67-72(93-76(81)61-55-49-43-37-32-27-21-19-20-24-28-33-39-44-50-56-68(4)5)65-87-74(79)59-53-47-41-35-31-26-23-22-25-29-34-40-45-51-57-69(6)9-3/h68-72,77H,7-67H2,1-6H3,(H,82,83)(H,84,85)/t69?,70-,71+,72+/m0/s1. The highest BCUT2D eigenvalue weighted by molar-refractivity contribution is 7.47. The molecule has 0 spiro atoms. The molecule has 0 bridgehead atoms. The Morgan fingerprint density at radius 1 is 0.305 bits per heavy atom. The number of rotatable bonds is 75. The van der Waals surface area contributed by atoms with Crippen LogP contribution in [0.15, 0.2) is 0 Å². The van der Waals surface area contributed by atoms with Crippen molar-refractivity contribution in [2.24, 2.45) is 11.8 Å². The largest absolute Gasteiger partial charge is 0.472 e. The summed E-state index contributed by atoms with van der Waals surface area (Å²) < 4.78 is 68.4. The molecule has 3 unspecified atom stereocenters. The number of phosphoric ester groups is 2. The van der Waals surface area contributed by atoms with Gasteiger partial charge in [0.05, 0.1) is 26.4 Å². The first-order valence-corrected chi connectivity index (χ1v) is 42.5. The van der Waals surface area contributed by atoms with Crippen LogP contribution < -0.4 is 0 Å². The van der Waals surface area contributed by atoms with Gasteiger partial charge in [0, 0.05) is 25.7 Å². The van der Waals surface area contributed by atoms with E-state index in [0.717, 1.165) is 115 Å². The van der Waals surface area contributed by atoms with Crippen molar-refractivity contribution in [1.29, 1.82) is 0 Å². The molecule has 0 amide bonds. The minimum absolute atomic E-state index is 0.107. The summed E-state index contributed by atoms with van der Waals surface area (Å²) in [6, 6.07) is 0.